The van der Waals surface area contributed by atoms with Crippen LogP contribution in [0.1, 0.15) is 33.2 Å². The number of benzene rings is 2. The van der Waals surface area contributed by atoms with Crippen LogP contribution in [0.2, 0.25) is 5.02 Å². The first-order chi connectivity index (χ1) is 12.0. The van der Waals surface area contributed by atoms with Crippen molar-refractivity contribution >= 4 is 35.1 Å². The van der Waals surface area contributed by atoms with E-state index in [2.05, 4.69) is 0 Å². The minimum absolute atomic E-state index is 0.108. The van der Waals surface area contributed by atoms with E-state index in [9.17, 15) is 14.4 Å². The first-order valence-electron chi connectivity index (χ1n) is 7.49. The van der Waals surface area contributed by atoms with Crippen molar-refractivity contribution < 1.29 is 23.9 Å². The van der Waals surface area contributed by atoms with Crippen molar-refractivity contribution in [2.45, 2.75) is 13.0 Å². The van der Waals surface area contributed by atoms with Gasteiger partial charge >= 0.3 is 11.9 Å². The smallest absolute Gasteiger partial charge is 0.344 e. The van der Waals surface area contributed by atoms with Crippen LogP contribution in [0.3, 0.4) is 0 Å². The highest BCUT2D eigenvalue weighted by molar-refractivity contribution is 6.30. The second-order valence-corrected chi connectivity index (χ2v) is 5.83. The fourth-order valence-corrected chi connectivity index (χ4v) is 2.54. The van der Waals surface area contributed by atoms with Crippen molar-refractivity contribution in [1.82, 2.24) is 0 Å². The van der Waals surface area contributed by atoms with E-state index in [1.54, 1.807) is 48.5 Å². The van der Waals surface area contributed by atoms with Gasteiger partial charge in [-0.15, -0.1) is 0 Å². The lowest BCUT2D eigenvalue weighted by molar-refractivity contribution is -0.140. The second kappa shape index (κ2) is 6.91. The van der Waals surface area contributed by atoms with Crippen molar-refractivity contribution in [3.63, 3.8) is 0 Å². The van der Waals surface area contributed by atoms with Crippen LogP contribution in [-0.2, 0) is 14.3 Å². The molecule has 0 bridgehead atoms. The van der Waals surface area contributed by atoms with Crippen LogP contribution in [0.15, 0.2) is 54.6 Å². The fraction of sp³-hybridized carbons (Fsp3) is 0.105. The summed E-state index contributed by atoms with van der Waals surface area (Å²) >= 11 is 5.78. The van der Waals surface area contributed by atoms with Gasteiger partial charge < -0.3 is 9.47 Å². The number of rotatable bonds is 4. The van der Waals surface area contributed by atoms with Crippen LogP contribution < -0.4 is 0 Å². The third kappa shape index (κ3) is 3.61. The monoisotopic (exact) mass is 356 g/mol. The molecule has 2 aromatic carbocycles. The Balaban J connectivity index is 1.71. The van der Waals surface area contributed by atoms with Crippen LogP contribution in [0.5, 0.6) is 0 Å². The summed E-state index contributed by atoms with van der Waals surface area (Å²) in [4.78, 5) is 36.0. The Hall–Kier alpha value is -2.92. The molecule has 1 unspecified atom stereocenters. The molecule has 3 rings (SSSR count). The maximum absolute atomic E-state index is 12.3. The van der Waals surface area contributed by atoms with Crippen molar-refractivity contribution in [2.75, 3.05) is 0 Å². The Morgan fingerprint density at radius 1 is 1.08 bits per heavy atom. The summed E-state index contributed by atoms with van der Waals surface area (Å²) in [6.45, 7) is 1.47. The van der Waals surface area contributed by atoms with Gasteiger partial charge in [-0.25, -0.2) is 9.59 Å². The zero-order valence-electron chi connectivity index (χ0n) is 13.2. The normalized spacial score (nSPS) is 15.4. The highest BCUT2D eigenvalue weighted by Crippen LogP contribution is 2.29. The standard InChI is InChI=1S/C19H13ClO5/c1-11(18(22)12-6-8-13(20)9-7-12)24-17(21)10-16-14-4-2-3-5-15(14)19(23)25-16/h2-11H,1H3. The SMILES string of the molecule is CC(OC(=O)C=C1OC(=O)c2ccccc21)C(=O)c1ccc(Cl)cc1. The molecule has 6 heteroatoms. The summed E-state index contributed by atoms with van der Waals surface area (Å²) in [5, 5.41) is 0.507. The third-order valence-electron chi connectivity index (χ3n) is 3.65. The van der Waals surface area contributed by atoms with E-state index in [4.69, 9.17) is 21.1 Å². The molecule has 0 saturated carbocycles. The summed E-state index contributed by atoms with van der Waals surface area (Å²) in [5.41, 5.74) is 1.28. The molecule has 1 aliphatic heterocycles. The Labute approximate surface area is 148 Å². The second-order valence-electron chi connectivity index (χ2n) is 5.39. The maximum atomic E-state index is 12.3. The Bertz CT molecular complexity index is 883. The molecule has 1 atom stereocenters. The Morgan fingerprint density at radius 2 is 1.72 bits per heavy atom. The molecule has 1 aliphatic rings. The number of hydrogen-bond donors (Lipinski definition) is 0. The lowest BCUT2D eigenvalue weighted by Crippen LogP contribution is -2.23. The maximum Gasteiger partial charge on any atom is 0.344 e. The Morgan fingerprint density at radius 3 is 2.40 bits per heavy atom. The molecule has 0 aromatic heterocycles. The molecule has 0 fully saturated rings. The minimum atomic E-state index is -0.988. The highest BCUT2D eigenvalue weighted by atomic mass is 35.5. The van der Waals surface area contributed by atoms with Gasteiger partial charge in [0.05, 0.1) is 11.6 Å². The number of carbonyl (C=O) groups is 3. The molecular formula is C19H13ClO5. The summed E-state index contributed by atoms with van der Waals surface area (Å²) in [5.74, 6) is -1.54. The van der Waals surface area contributed by atoms with Crippen molar-refractivity contribution in [1.29, 1.82) is 0 Å². The van der Waals surface area contributed by atoms with Gasteiger partial charge in [-0.2, -0.15) is 0 Å². The first-order valence-corrected chi connectivity index (χ1v) is 7.87. The predicted octanol–water partition coefficient (Wildman–Crippen LogP) is 3.67. The van der Waals surface area contributed by atoms with Crippen molar-refractivity contribution in [3.05, 3.63) is 76.3 Å². The zero-order valence-corrected chi connectivity index (χ0v) is 13.9. The molecule has 25 heavy (non-hydrogen) atoms. The zero-order chi connectivity index (χ0) is 18.0. The predicted molar refractivity (Wildman–Crippen MR) is 91.2 cm³/mol. The summed E-state index contributed by atoms with van der Waals surface area (Å²) < 4.78 is 10.2. The Kier molecular flexibility index (Phi) is 4.67. The van der Waals surface area contributed by atoms with E-state index in [-0.39, 0.29) is 11.5 Å². The van der Waals surface area contributed by atoms with Crippen LogP contribution in [0.4, 0.5) is 0 Å². The molecule has 5 nitrogen and oxygen atoms in total. The van der Waals surface area contributed by atoms with E-state index >= 15 is 0 Å². The number of carbonyl (C=O) groups excluding carboxylic acids is 3. The quantitative estimate of drug-likeness (QED) is 0.475. The summed E-state index contributed by atoms with van der Waals surface area (Å²) in [7, 11) is 0. The van der Waals surface area contributed by atoms with Crippen LogP contribution >= 0.6 is 11.6 Å². The molecule has 0 radical (unpaired) electrons. The lowest BCUT2D eigenvalue weighted by Gasteiger charge is -2.11. The number of esters is 2. The van der Waals surface area contributed by atoms with E-state index in [0.717, 1.165) is 6.08 Å². The van der Waals surface area contributed by atoms with Crippen molar-refractivity contribution in [2.24, 2.45) is 0 Å². The fourth-order valence-electron chi connectivity index (χ4n) is 2.41. The number of fused-ring (bicyclic) bond motifs is 1. The van der Waals surface area contributed by atoms with Crippen LogP contribution in [0.25, 0.3) is 5.76 Å². The number of ether oxygens (including phenoxy) is 2. The molecular weight excluding hydrogens is 344 g/mol. The number of Topliss-reactive ketones (excluding diaryl/α,β-unsaturated/α-hetero) is 1. The van der Waals surface area contributed by atoms with Gasteiger partial charge in [0.1, 0.15) is 5.76 Å². The van der Waals surface area contributed by atoms with Gasteiger partial charge in [0, 0.05) is 16.1 Å². The molecule has 0 saturated heterocycles. The van der Waals surface area contributed by atoms with E-state index in [0.29, 0.717) is 21.7 Å². The van der Waals surface area contributed by atoms with Crippen LogP contribution in [-0.4, -0.2) is 23.8 Å². The number of cyclic esters (lactones) is 1. The lowest BCUT2D eigenvalue weighted by atomic mass is 10.1. The minimum Gasteiger partial charge on any atom is -0.451 e. The summed E-state index contributed by atoms with van der Waals surface area (Å²) in [6.07, 6.45) is 0.0768. The van der Waals surface area contributed by atoms with Gasteiger partial charge in [0.15, 0.2) is 6.10 Å². The molecule has 0 spiro atoms. The largest absolute Gasteiger partial charge is 0.451 e. The van der Waals surface area contributed by atoms with Gasteiger partial charge in [0.25, 0.3) is 0 Å². The molecule has 0 N–H and O–H groups in total. The average molecular weight is 357 g/mol. The molecule has 2 aromatic rings. The summed E-state index contributed by atoms with van der Waals surface area (Å²) in [6, 6.07) is 13.0. The van der Waals surface area contributed by atoms with E-state index < -0.39 is 18.0 Å². The third-order valence-corrected chi connectivity index (χ3v) is 3.91. The molecule has 0 amide bonds. The van der Waals surface area contributed by atoms with Gasteiger partial charge in [-0.1, -0.05) is 29.8 Å². The van der Waals surface area contributed by atoms with Crippen LogP contribution in [0, 0.1) is 0 Å². The van der Waals surface area contributed by atoms with Gasteiger partial charge in [-0.3, -0.25) is 4.79 Å². The van der Waals surface area contributed by atoms with E-state index in [1.807, 2.05) is 0 Å². The van der Waals surface area contributed by atoms with Gasteiger partial charge in [0.2, 0.25) is 5.78 Å². The molecule has 126 valence electrons. The number of halogens is 1. The topological polar surface area (TPSA) is 69.7 Å². The van der Waals surface area contributed by atoms with E-state index in [1.165, 1.54) is 6.92 Å². The molecule has 1 heterocycles. The molecule has 0 aliphatic carbocycles. The first kappa shape index (κ1) is 16.9. The number of hydrogen-bond acceptors (Lipinski definition) is 5. The van der Waals surface area contributed by atoms with Gasteiger partial charge in [-0.05, 0) is 37.3 Å². The average Bonchev–Trinajstić information content (AvgIpc) is 2.91. The van der Waals surface area contributed by atoms with Crippen molar-refractivity contribution in [3.8, 4) is 0 Å². The highest BCUT2D eigenvalue weighted by Gasteiger charge is 2.27. The number of ketones is 1.